The average molecular weight is 566 g/mol. The molecule has 0 aromatic heterocycles. The summed E-state index contributed by atoms with van der Waals surface area (Å²) in [6, 6.07) is 6.48. The number of aliphatic hydroxyl groups excluding tert-OH is 2. The molecule has 0 bridgehead atoms. The zero-order valence-electron chi connectivity index (χ0n) is 23.1. The van der Waals surface area contributed by atoms with Crippen LogP contribution in [0.5, 0.6) is 5.75 Å². The van der Waals surface area contributed by atoms with Crippen molar-refractivity contribution in [1.82, 2.24) is 9.80 Å². The molecule has 0 spiro atoms. The Bertz CT molecular complexity index is 1580. The van der Waals surface area contributed by atoms with E-state index in [2.05, 4.69) is 0 Å². The number of ketones is 2. The number of hydrogen-bond acceptors (Lipinski definition) is 9. The van der Waals surface area contributed by atoms with E-state index >= 15 is 0 Å². The van der Waals surface area contributed by atoms with Crippen molar-refractivity contribution in [3.05, 3.63) is 69.7 Å². The van der Waals surface area contributed by atoms with Gasteiger partial charge in [-0.1, -0.05) is 12.1 Å². The van der Waals surface area contributed by atoms with Crippen LogP contribution in [0.25, 0.3) is 16.9 Å². The van der Waals surface area contributed by atoms with Crippen LogP contribution in [0.15, 0.2) is 47.2 Å². The molecule has 4 atom stereocenters. The van der Waals surface area contributed by atoms with Gasteiger partial charge in [0.2, 0.25) is 5.78 Å². The zero-order valence-corrected chi connectivity index (χ0v) is 23.1. The second kappa shape index (κ2) is 9.79. The number of carbonyl (C=O) groups is 3. The normalized spacial score (nSPS) is 25.9. The molecule has 6 N–H and O–H groups in total. The van der Waals surface area contributed by atoms with Crippen LogP contribution in [0, 0.1) is 17.7 Å². The van der Waals surface area contributed by atoms with Crippen molar-refractivity contribution in [3.63, 3.8) is 0 Å². The summed E-state index contributed by atoms with van der Waals surface area (Å²) in [7, 11) is 6.72. The van der Waals surface area contributed by atoms with E-state index in [0.717, 1.165) is 0 Å². The van der Waals surface area contributed by atoms with Gasteiger partial charge >= 0.3 is 0 Å². The van der Waals surface area contributed by atoms with Gasteiger partial charge < -0.3 is 31.1 Å². The first kappa shape index (κ1) is 28.5. The minimum absolute atomic E-state index is 0.0164. The Morgan fingerprint density at radius 2 is 1.78 bits per heavy atom. The number of aromatic hydroxyl groups is 1. The Morgan fingerprint density at radius 1 is 1.10 bits per heavy atom. The smallest absolute Gasteiger partial charge is 0.255 e. The number of aliphatic hydroxyl groups is 3. The van der Waals surface area contributed by atoms with Gasteiger partial charge in [-0.25, -0.2) is 4.39 Å². The second-order valence-corrected chi connectivity index (χ2v) is 11.5. The molecule has 10 nitrogen and oxygen atoms in total. The molecule has 1 amide bonds. The number of halogens is 1. The molecule has 0 unspecified atom stereocenters. The van der Waals surface area contributed by atoms with Gasteiger partial charge in [0.25, 0.3) is 5.91 Å². The minimum atomic E-state index is -2.70. The summed E-state index contributed by atoms with van der Waals surface area (Å²) in [6.07, 6.45) is 0.120. The third-order valence-corrected chi connectivity index (χ3v) is 8.45. The third kappa shape index (κ3) is 4.14. The van der Waals surface area contributed by atoms with Crippen molar-refractivity contribution >= 4 is 23.2 Å². The maximum atomic E-state index is 14.6. The molecular weight excluding hydrogens is 533 g/mol. The minimum Gasteiger partial charge on any atom is -0.508 e. The van der Waals surface area contributed by atoms with Gasteiger partial charge in [0.15, 0.2) is 11.4 Å². The summed E-state index contributed by atoms with van der Waals surface area (Å²) >= 11 is 0. The van der Waals surface area contributed by atoms with Crippen molar-refractivity contribution in [2.75, 3.05) is 28.2 Å². The SMILES string of the molecule is CN(C)Cc1cc(-c2ccc(O)c3c2C[C@H]2C[C@H]4[C@H](N(C)C)C(=O)C(C(N)=O)=C(O)[C@@]4(O)C(=O)C2=C3O)ccc1F. The lowest BCUT2D eigenvalue weighted by atomic mass is 9.57. The number of phenols is 1. The first-order valence-electron chi connectivity index (χ1n) is 13.1. The molecule has 5 rings (SSSR count). The van der Waals surface area contributed by atoms with Crippen LogP contribution in [0.2, 0.25) is 0 Å². The molecule has 3 aliphatic rings. The lowest BCUT2D eigenvalue weighted by Gasteiger charge is -2.50. The predicted octanol–water partition coefficient (Wildman–Crippen LogP) is 1.83. The predicted molar refractivity (Wildman–Crippen MR) is 147 cm³/mol. The van der Waals surface area contributed by atoms with Gasteiger partial charge in [-0.05, 0) is 81.8 Å². The molecular formula is C30H32FN3O7. The van der Waals surface area contributed by atoms with E-state index < -0.39 is 58.0 Å². The number of primary amides is 1. The summed E-state index contributed by atoms with van der Waals surface area (Å²) < 4.78 is 14.6. The van der Waals surface area contributed by atoms with Crippen LogP contribution in [-0.2, 0) is 27.3 Å². The van der Waals surface area contributed by atoms with E-state index in [1.165, 1.54) is 17.0 Å². The first-order chi connectivity index (χ1) is 19.2. The lowest BCUT2D eigenvalue weighted by Crippen LogP contribution is -2.65. The highest BCUT2D eigenvalue weighted by atomic mass is 19.1. The number of rotatable bonds is 5. The number of fused-ring (bicyclic) bond motifs is 3. The maximum absolute atomic E-state index is 14.6. The molecule has 11 heteroatoms. The van der Waals surface area contributed by atoms with Crippen LogP contribution in [0.4, 0.5) is 4.39 Å². The Hall–Kier alpha value is -4.06. The Labute approximate surface area is 235 Å². The maximum Gasteiger partial charge on any atom is 0.255 e. The van der Waals surface area contributed by atoms with E-state index in [4.69, 9.17) is 5.73 Å². The number of hydrogen-bond donors (Lipinski definition) is 5. The van der Waals surface area contributed by atoms with Gasteiger partial charge in [-0.3, -0.25) is 19.3 Å². The third-order valence-electron chi connectivity index (χ3n) is 8.45. The van der Waals surface area contributed by atoms with Gasteiger partial charge in [0.1, 0.15) is 28.7 Å². The zero-order chi connectivity index (χ0) is 30.1. The molecule has 216 valence electrons. The highest BCUT2D eigenvalue weighted by Gasteiger charge is 2.64. The summed E-state index contributed by atoms with van der Waals surface area (Å²) in [5.41, 5.74) is 3.77. The summed E-state index contributed by atoms with van der Waals surface area (Å²) in [6.45, 7) is 0.344. The lowest BCUT2D eigenvalue weighted by molar-refractivity contribution is -0.153. The Kier molecular flexibility index (Phi) is 6.80. The van der Waals surface area contributed by atoms with E-state index in [-0.39, 0.29) is 35.5 Å². The van der Waals surface area contributed by atoms with Gasteiger partial charge in [-0.15, -0.1) is 0 Å². The van der Waals surface area contributed by atoms with Crippen molar-refractivity contribution in [2.45, 2.75) is 31.0 Å². The van der Waals surface area contributed by atoms with Crippen LogP contribution in [0.3, 0.4) is 0 Å². The topological polar surface area (TPSA) is 165 Å². The molecule has 2 aromatic rings. The second-order valence-electron chi connectivity index (χ2n) is 11.5. The van der Waals surface area contributed by atoms with E-state index in [1.54, 1.807) is 32.3 Å². The molecule has 3 aliphatic carbocycles. The standard InChI is InChI=1S/C30H32FN3O7/c1-33(2)12-15-9-13(5-7-19(15)31)16-6-8-20(35)22-17(16)10-14-11-18-24(34(3)4)26(37)23(29(32)40)28(39)30(18,41)27(38)21(14)25(22)36/h5-9,14,18,24,35-36,39,41H,10-12H2,1-4H3,(H2,32,40)/t14-,18-,24-,30-/m0/s1. The highest BCUT2D eigenvalue weighted by molar-refractivity contribution is 6.24. The Morgan fingerprint density at radius 3 is 2.39 bits per heavy atom. The number of nitrogens with two attached hydrogens (primary N) is 1. The number of Topliss-reactive ketones (excluding diaryl/α,β-unsaturated/α-hetero) is 2. The van der Waals surface area contributed by atoms with Gasteiger partial charge in [0.05, 0.1) is 11.6 Å². The largest absolute Gasteiger partial charge is 0.508 e. The molecule has 1 saturated carbocycles. The molecule has 0 heterocycles. The fourth-order valence-corrected chi connectivity index (χ4v) is 6.72. The fraction of sp³-hybridized carbons (Fsp3) is 0.367. The highest BCUT2D eigenvalue weighted by Crippen LogP contribution is 2.53. The molecule has 41 heavy (non-hydrogen) atoms. The molecule has 0 radical (unpaired) electrons. The number of nitrogens with zero attached hydrogens (tertiary/aromatic N) is 2. The number of benzene rings is 2. The monoisotopic (exact) mass is 565 g/mol. The fourth-order valence-electron chi connectivity index (χ4n) is 6.72. The van der Waals surface area contributed by atoms with Crippen molar-refractivity contribution in [2.24, 2.45) is 17.6 Å². The first-order valence-corrected chi connectivity index (χ1v) is 13.1. The van der Waals surface area contributed by atoms with Crippen LogP contribution >= 0.6 is 0 Å². The average Bonchev–Trinajstić information content (AvgIpc) is 2.87. The summed E-state index contributed by atoms with van der Waals surface area (Å²) in [4.78, 5) is 42.6. The summed E-state index contributed by atoms with van der Waals surface area (Å²) in [5.74, 6) is -7.44. The van der Waals surface area contributed by atoms with Crippen LogP contribution < -0.4 is 5.73 Å². The van der Waals surface area contributed by atoms with Gasteiger partial charge in [-0.2, -0.15) is 0 Å². The van der Waals surface area contributed by atoms with Crippen molar-refractivity contribution in [3.8, 4) is 16.9 Å². The van der Waals surface area contributed by atoms with Crippen LogP contribution in [-0.4, -0.2) is 87.5 Å². The molecule has 1 fully saturated rings. The molecule has 2 aromatic carbocycles. The number of phenolic OH excluding ortho intramolecular Hbond substituents is 1. The van der Waals surface area contributed by atoms with E-state index in [0.29, 0.717) is 28.8 Å². The molecule has 0 saturated heterocycles. The number of likely N-dealkylation sites (N-methyl/N-ethyl adjacent to an activating group) is 1. The quantitative estimate of drug-likeness (QED) is 0.340. The van der Waals surface area contributed by atoms with E-state index in [1.807, 2.05) is 19.0 Å². The van der Waals surface area contributed by atoms with Crippen molar-refractivity contribution < 1.29 is 39.2 Å². The Balaban J connectivity index is 1.71. The number of amides is 1. The van der Waals surface area contributed by atoms with Crippen molar-refractivity contribution in [1.29, 1.82) is 0 Å². The van der Waals surface area contributed by atoms with Crippen LogP contribution in [0.1, 0.15) is 23.1 Å². The molecule has 0 aliphatic heterocycles. The number of carbonyl (C=O) groups excluding carboxylic acids is 3. The van der Waals surface area contributed by atoms with Gasteiger partial charge in [0, 0.05) is 23.6 Å². The summed E-state index contributed by atoms with van der Waals surface area (Å²) in [5, 5.41) is 44.9. The van der Waals surface area contributed by atoms with E-state index in [9.17, 15) is 39.2 Å².